The molecule has 1 unspecified atom stereocenters. The topological polar surface area (TPSA) is 69.6 Å². The van der Waals surface area contributed by atoms with E-state index in [-0.39, 0.29) is 12.5 Å². The number of rotatable bonds is 5. The average Bonchev–Trinajstić information content (AvgIpc) is 2.47. The number of nitrogens with zero attached hydrogens (tertiary/aromatic N) is 1. The Hall–Kier alpha value is -1.15. The van der Waals surface area contributed by atoms with Gasteiger partial charge in [0.1, 0.15) is 0 Å². The minimum atomic E-state index is -0.849. The molecule has 1 aromatic rings. The largest absolute Gasteiger partial charge is 0.480 e. The number of carbonyl (C=O) groups excluding carboxylic acids is 1. The Kier molecular flexibility index (Phi) is 5.98. The van der Waals surface area contributed by atoms with Crippen LogP contribution in [0.5, 0.6) is 0 Å². The van der Waals surface area contributed by atoms with Crippen molar-refractivity contribution in [3.05, 3.63) is 33.4 Å². The quantitative estimate of drug-likeness (QED) is 0.738. The Morgan fingerprint density at radius 2 is 2.14 bits per heavy atom. The monoisotopic (exact) mass is 402 g/mol. The first kappa shape index (κ1) is 16.2. The molecule has 2 rings (SSSR count). The highest BCUT2D eigenvalue weighted by molar-refractivity contribution is 14.1. The molecule has 21 heavy (non-hydrogen) atoms. The number of carboxylic acids is 1. The van der Waals surface area contributed by atoms with Crippen LogP contribution in [-0.4, -0.2) is 48.1 Å². The standard InChI is InChI=1S/C15H19IN2O3/c16-13-6-2-1-5-12(13)15(21)18-7-3-4-11(10-18)8-17-9-14(19)20/h1-2,5-6,11,17H,3-4,7-10H2,(H,19,20). The van der Waals surface area contributed by atoms with Gasteiger partial charge in [0, 0.05) is 23.2 Å². The van der Waals surface area contributed by atoms with Crippen LogP contribution in [0.4, 0.5) is 0 Å². The summed E-state index contributed by atoms with van der Waals surface area (Å²) in [6.45, 7) is 2.08. The molecule has 0 bridgehead atoms. The molecule has 0 spiro atoms. The van der Waals surface area contributed by atoms with E-state index < -0.39 is 5.97 Å². The van der Waals surface area contributed by atoms with E-state index in [0.717, 1.165) is 28.5 Å². The van der Waals surface area contributed by atoms with Crippen molar-refractivity contribution in [1.82, 2.24) is 10.2 Å². The lowest BCUT2D eigenvalue weighted by Gasteiger charge is -2.33. The number of piperidine rings is 1. The molecule has 1 heterocycles. The number of likely N-dealkylation sites (tertiary alicyclic amines) is 1. The molecule has 114 valence electrons. The molecule has 1 atom stereocenters. The first-order chi connectivity index (χ1) is 10.1. The average molecular weight is 402 g/mol. The van der Waals surface area contributed by atoms with E-state index in [9.17, 15) is 9.59 Å². The normalized spacial score (nSPS) is 18.5. The predicted octanol–water partition coefficient (Wildman–Crippen LogP) is 1.82. The van der Waals surface area contributed by atoms with Crippen molar-refractivity contribution < 1.29 is 14.7 Å². The van der Waals surface area contributed by atoms with Gasteiger partial charge in [0.05, 0.1) is 12.1 Å². The van der Waals surface area contributed by atoms with Gasteiger partial charge in [0.15, 0.2) is 0 Å². The first-order valence-electron chi connectivity index (χ1n) is 7.04. The summed E-state index contributed by atoms with van der Waals surface area (Å²) in [6.07, 6.45) is 2.00. The van der Waals surface area contributed by atoms with E-state index in [1.807, 2.05) is 29.2 Å². The molecule has 2 N–H and O–H groups in total. The van der Waals surface area contributed by atoms with Crippen molar-refractivity contribution in [2.75, 3.05) is 26.2 Å². The van der Waals surface area contributed by atoms with Gasteiger partial charge >= 0.3 is 5.97 Å². The zero-order chi connectivity index (χ0) is 15.2. The lowest BCUT2D eigenvalue weighted by atomic mass is 9.97. The highest BCUT2D eigenvalue weighted by atomic mass is 127. The number of amides is 1. The second-order valence-electron chi connectivity index (χ2n) is 5.26. The molecule has 1 aliphatic rings. The number of nitrogens with one attached hydrogen (secondary N) is 1. The number of benzene rings is 1. The summed E-state index contributed by atoms with van der Waals surface area (Å²) in [5.41, 5.74) is 0.747. The maximum Gasteiger partial charge on any atom is 0.317 e. The lowest BCUT2D eigenvalue weighted by Crippen LogP contribution is -2.43. The molecular weight excluding hydrogens is 383 g/mol. The van der Waals surface area contributed by atoms with Gasteiger partial charge in [-0.25, -0.2) is 0 Å². The fraction of sp³-hybridized carbons (Fsp3) is 0.467. The number of carbonyl (C=O) groups is 2. The number of hydrogen-bond donors (Lipinski definition) is 2. The Bertz CT molecular complexity index is 521. The summed E-state index contributed by atoms with van der Waals surface area (Å²) in [5, 5.41) is 11.6. The molecule has 1 fully saturated rings. The van der Waals surface area contributed by atoms with Crippen molar-refractivity contribution >= 4 is 34.5 Å². The zero-order valence-corrected chi connectivity index (χ0v) is 13.9. The Balaban J connectivity index is 1.93. The zero-order valence-electron chi connectivity index (χ0n) is 11.7. The van der Waals surface area contributed by atoms with E-state index in [1.165, 1.54) is 0 Å². The lowest BCUT2D eigenvalue weighted by molar-refractivity contribution is -0.136. The predicted molar refractivity (Wildman–Crippen MR) is 88.3 cm³/mol. The smallest absolute Gasteiger partial charge is 0.317 e. The first-order valence-corrected chi connectivity index (χ1v) is 8.12. The molecule has 1 aliphatic heterocycles. The minimum Gasteiger partial charge on any atom is -0.480 e. The van der Waals surface area contributed by atoms with E-state index in [4.69, 9.17) is 5.11 Å². The van der Waals surface area contributed by atoms with Gasteiger partial charge in [0.25, 0.3) is 5.91 Å². The third-order valence-corrected chi connectivity index (χ3v) is 4.56. The van der Waals surface area contributed by atoms with Crippen LogP contribution in [0.15, 0.2) is 24.3 Å². The highest BCUT2D eigenvalue weighted by Crippen LogP contribution is 2.20. The molecule has 6 heteroatoms. The summed E-state index contributed by atoms with van der Waals surface area (Å²) >= 11 is 2.18. The minimum absolute atomic E-state index is 0.0268. The maximum absolute atomic E-state index is 12.6. The van der Waals surface area contributed by atoms with Crippen LogP contribution in [0.1, 0.15) is 23.2 Å². The van der Waals surface area contributed by atoms with Gasteiger partial charge < -0.3 is 15.3 Å². The second-order valence-corrected chi connectivity index (χ2v) is 6.43. The number of carboxylic acid groups (broad SMARTS) is 1. The van der Waals surface area contributed by atoms with Crippen molar-refractivity contribution in [3.8, 4) is 0 Å². The Labute approximate surface area is 137 Å². The molecule has 1 amide bonds. The highest BCUT2D eigenvalue weighted by Gasteiger charge is 2.25. The third-order valence-electron chi connectivity index (χ3n) is 3.62. The summed E-state index contributed by atoms with van der Waals surface area (Å²) in [6, 6.07) is 7.60. The van der Waals surface area contributed by atoms with Crippen LogP contribution in [0.25, 0.3) is 0 Å². The van der Waals surface area contributed by atoms with E-state index in [1.54, 1.807) is 0 Å². The van der Waals surface area contributed by atoms with Crippen LogP contribution in [0, 0.1) is 9.49 Å². The molecule has 1 aromatic carbocycles. The molecule has 0 saturated carbocycles. The fourth-order valence-electron chi connectivity index (χ4n) is 2.60. The molecule has 0 aliphatic carbocycles. The van der Waals surface area contributed by atoms with Gasteiger partial charge in [-0.05, 0) is 53.5 Å². The third kappa shape index (κ3) is 4.67. The van der Waals surface area contributed by atoms with E-state index in [2.05, 4.69) is 27.9 Å². The van der Waals surface area contributed by atoms with Crippen LogP contribution in [0.2, 0.25) is 0 Å². The van der Waals surface area contributed by atoms with Crippen molar-refractivity contribution in [3.63, 3.8) is 0 Å². The molecule has 0 aromatic heterocycles. The number of halogens is 1. The van der Waals surface area contributed by atoms with Gasteiger partial charge in [-0.3, -0.25) is 9.59 Å². The molecule has 0 radical (unpaired) electrons. The van der Waals surface area contributed by atoms with Crippen LogP contribution in [0.3, 0.4) is 0 Å². The molecular formula is C15H19IN2O3. The second kappa shape index (κ2) is 7.74. The Morgan fingerprint density at radius 1 is 1.38 bits per heavy atom. The summed E-state index contributed by atoms with van der Waals surface area (Å²) in [5.74, 6) is -0.455. The van der Waals surface area contributed by atoms with Crippen LogP contribution < -0.4 is 5.32 Å². The summed E-state index contributed by atoms with van der Waals surface area (Å²) < 4.78 is 0.964. The van der Waals surface area contributed by atoms with Crippen molar-refractivity contribution in [1.29, 1.82) is 0 Å². The molecule has 5 nitrogen and oxygen atoms in total. The molecule has 1 saturated heterocycles. The Morgan fingerprint density at radius 3 is 2.86 bits per heavy atom. The van der Waals surface area contributed by atoms with Crippen molar-refractivity contribution in [2.45, 2.75) is 12.8 Å². The van der Waals surface area contributed by atoms with Crippen LogP contribution in [-0.2, 0) is 4.79 Å². The van der Waals surface area contributed by atoms with Gasteiger partial charge in [-0.1, -0.05) is 12.1 Å². The fourth-order valence-corrected chi connectivity index (χ4v) is 3.22. The van der Waals surface area contributed by atoms with Crippen molar-refractivity contribution in [2.24, 2.45) is 5.92 Å². The number of hydrogen-bond acceptors (Lipinski definition) is 3. The summed E-state index contributed by atoms with van der Waals surface area (Å²) in [4.78, 5) is 24.9. The van der Waals surface area contributed by atoms with Gasteiger partial charge in [-0.15, -0.1) is 0 Å². The van der Waals surface area contributed by atoms with E-state index in [0.29, 0.717) is 19.0 Å². The van der Waals surface area contributed by atoms with Gasteiger partial charge in [-0.2, -0.15) is 0 Å². The SMILES string of the molecule is O=C(O)CNCC1CCCN(C(=O)c2ccccc2I)C1. The van der Waals surface area contributed by atoms with Gasteiger partial charge in [0.2, 0.25) is 0 Å². The summed E-state index contributed by atoms with van der Waals surface area (Å²) in [7, 11) is 0. The number of aliphatic carboxylic acids is 1. The van der Waals surface area contributed by atoms with E-state index >= 15 is 0 Å². The van der Waals surface area contributed by atoms with Crippen LogP contribution >= 0.6 is 22.6 Å². The maximum atomic E-state index is 12.6.